The number of nitro groups is 1. The van der Waals surface area contributed by atoms with Crippen molar-refractivity contribution in [3.8, 4) is 0 Å². The summed E-state index contributed by atoms with van der Waals surface area (Å²) in [5, 5.41) is 10.3. The van der Waals surface area contributed by atoms with E-state index in [0.29, 0.717) is 6.41 Å². The molecule has 0 fully saturated rings. The van der Waals surface area contributed by atoms with Crippen LogP contribution in [-0.2, 0) is 14.8 Å². The molecule has 0 heterocycles. The number of hydrogen-bond acceptors (Lipinski definition) is 6. The first kappa shape index (κ1) is 16.2. The van der Waals surface area contributed by atoms with Crippen LogP contribution in [0.4, 0.5) is 11.4 Å². The Morgan fingerprint density at radius 1 is 1.09 bits per heavy atom. The van der Waals surface area contributed by atoms with E-state index in [1.807, 2.05) is 0 Å². The summed E-state index contributed by atoms with van der Waals surface area (Å²) in [6.07, 6.45) is 0.374. The van der Waals surface area contributed by atoms with Crippen molar-refractivity contribution < 1.29 is 18.2 Å². The molecule has 0 saturated heterocycles. The number of rotatable bonds is 7. The summed E-state index contributed by atoms with van der Waals surface area (Å²) in [5.74, 6) is 0. The quantitative estimate of drug-likeness (QED) is 0.444. The lowest BCUT2D eigenvalue weighted by molar-refractivity contribution is -0.474. The van der Waals surface area contributed by atoms with Crippen LogP contribution in [0.1, 0.15) is 0 Å². The minimum Gasteiger partial charge on any atom is -0.299 e. The molecule has 2 N–H and O–H groups in total. The maximum absolute atomic E-state index is 12.5. The maximum Gasteiger partial charge on any atom is 0.318 e. The van der Waals surface area contributed by atoms with Gasteiger partial charge in [0.05, 0.1) is 10.6 Å². The highest BCUT2D eigenvalue weighted by atomic mass is 32.2. The summed E-state index contributed by atoms with van der Waals surface area (Å²) in [6, 6.07) is 12.5. The smallest absolute Gasteiger partial charge is 0.299 e. The molecule has 2 aromatic carbocycles. The molecule has 0 aliphatic rings. The van der Waals surface area contributed by atoms with E-state index in [0.717, 1.165) is 0 Å². The number of benzene rings is 2. The van der Waals surface area contributed by atoms with Gasteiger partial charge in [-0.25, -0.2) is 10.1 Å². The fourth-order valence-electron chi connectivity index (χ4n) is 1.83. The number of hydrazine groups is 2. The highest BCUT2D eigenvalue weighted by Crippen LogP contribution is 2.25. The van der Waals surface area contributed by atoms with E-state index in [2.05, 4.69) is 10.9 Å². The molecule has 0 bridgehead atoms. The van der Waals surface area contributed by atoms with E-state index < -0.39 is 15.1 Å². The maximum atomic E-state index is 12.5. The molecule has 9 nitrogen and oxygen atoms in total. The zero-order chi connectivity index (χ0) is 16.9. The van der Waals surface area contributed by atoms with Crippen LogP contribution in [0, 0.1) is 10.1 Å². The molecule has 0 aliphatic heterocycles. The first-order valence-electron chi connectivity index (χ1n) is 6.27. The summed E-state index contributed by atoms with van der Waals surface area (Å²) in [6.45, 7) is 0. The summed E-state index contributed by atoms with van der Waals surface area (Å²) < 4.78 is 25.1. The van der Waals surface area contributed by atoms with Gasteiger partial charge < -0.3 is 0 Å². The van der Waals surface area contributed by atoms with Crippen molar-refractivity contribution in [2.75, 3.05) is 9.84 Å². The Morgan fingerprint density at radius 2 is 1.78 bits per heavy atom. The van der Waals surface area contributed by atoms with Gasteiger partial charge in [-0.2, -0.15) is 8.42 Å². The zero-order valence-corrected chi connectivity index (χ0v) is 12.4. The lowest BCUT2D eigenvalue weighted by Crippen LogP contribution is -2.36. The summed E-state index contributed by atoms with van der Waals surface area (Å²) >= 11 is 0. The van der Waals surface area contributed by atoms with Gasteiger partial charge in [-0.3, -0.25) is 15.6 Å². The second kappa shape index (κ2) is 6.75. The van der Waals surface area contributed by atoms with Gasteiger partial charge >= 0.3 is 10.0 Å². The average molecular weight is 336 g/mol. The topological polar surface area (TPSA) is 122 Å². The normalized spacial score (nSPS) is 10.6. The van der Waals surface area contributed by atoms with Gasteiger partial charge in [-0.1, -0.05) is 24.3 Å². The molecule has 0 atom stereocenters. The van der Waals surface area contributed by atoms with Crippen LogP contribution in [-0.4, -0.2) is 19.9 Å². The Bertz CT molecular complexity index is 810. The lowest BCUT2D eigenvalue weighted by Gasteiger charge is -2.15. The number of amides is 1. The third kappa shape index (κ3) is 3.55. The fraction of sp³-hybridized carbons (Fsp3) is 0. The van der Waals surface area contributed by atoms with Crippen LogP contribution in [0.2, 0.25) is 0 Å². The standard InChI is InChI=1S/C13H12N4O5S/c18-10-14-15-11-5-4-6-12(9-11)16(17(19)20)23(21,22)13-7-2-1-3-8-13/h1-10,15H,(H,14,18). The molecular weight excluding hydrogens is 324 g/mol. The van der Waals surface area contributed by atoms with E-state index in [1.54, 1.807) is 6.07 Å². The minimum atomic E-state index is -4.37. The second-order valence-electron chi connectivity index (χ2n) is 4.24. The Morgan fingerprint density at radius 3 is 2.39 bits per heavy atom. The highest BCUT2D eigenvalue weighted by molar-refractivity contribution is 7.92. The zero-order valence-electron chi connectivity index (χ0n) is 11.6. The monoisotopic (exact) mass is 336 g/mol. The third-order valence-electron chi connectivity index (χ3n) is 2.76. The van der Waals surface area contributed by atoms with Crippen molar-refractivity contribution in [1.82, 2.24) is 5.43 Å². The van der Waals surface area contributed by atoms with Crippen LogP contribution in [0.15, 0.2) is 59.5 Å². The van der Waals surface area contributed by atoms with Gasteiger partial charge in [-0.05, 0) is 30.3 Å². The number of nitrogens with one attached hydrogen (secondary N) is 2. The molecule has 10 heteroatoms. The highest BCUT2D eigenvalue weighted by Gasteiger charge is 2.34. The van der Waals surface area contributed by atoms with Crippen LogP contribution in [0.3, 0.4) is 0 Å². The molecule has 23 heavy (non-hydrogen) atoms. The lowest BCUT2D eigenvalue weighted by atomic mass is 10.3. The molecule has 0 spiro atoms. The predicted molar refractivity (Wildman–Crippen MR) is 82.4 cm³/mol. The van der Waals surface area contributed by atoms with Crippen LogP contribution in [0.5, 0.6) is 0 Å². The summed E-state index contributed by atoms with van der Waals surface area (Å²) in [4.78, 5) is 21.4. The van der Waals surface area contributed by atoms with Gasteiger partial charge in [0.15, 0.2) is 5.03 Å². The van der Waals surface area contributed by atoms with Crippen LogP contribution in [0.25, 0.3) is 0 Å². The van der Waals surface area contributed by atoms with Crippen molar-refractivity contribution in [3.63, 3.8) is 0 Å². The molecule has 0 aromatic heterocycles. The molecule has 0 radical (unpaired) electrons. The Balaban J connectivity index is 2.47. The van der Waals surface area contributed by atoms with E-state index in [4.69, 9.17) is 0 Å². The first-order chi connectivity index (χ1) is 11.0. The van der Waals surface area contributed by atoms with Crippen LogP contribution >= 0.6 is 0 Å². The van der Waals surface area contributed by atoms with Gasteiger partial charge in [0.25, 0.3) is 0 Å². The molecule has 120 valence electrons. The fourth-order valence-corrected chi connectivity index (χ4v) is 3.10. The number of carbonyl (C=O) groups is 1. The Kier molecular flexibility index (Phi) is 4.76. The minimum absolute atomic E-state index is 0.0778. The van der Waals surface area contributed by atoms with Crippen molar-refractivity contribution in [3.05, 3.63) is 64.7 Å². The number of hydrogen-bond donors (Lipinski definition) is 2. The number of sulfonamides is 1. The van der Waals surface area contributed by atoms with Crippen LogP contribution < -0.4 is 15.3 Å². The number of carbonyl (C=O) groups excluding carboxylic acids is 1. The van der Waals surface area contributed by atoms with E-state index in [1.165, 1.54) is 48.5 Å². The molecule has 0 saturated carbocycles. The molecule has 0 aliphatic carbocycles. The molecule has 0 unspecified atom stereocenters. The van der Waals surface area contributed by atoms with E-state index in [-0.39, 0.29) is 20.7 Å². The Labute approximate surface area is 131 Å². The molecule has 1 amide bonds. The van der Waals surface area contributed by atoms with Crippen molar-refractivity contribution in [2.45, 2.75) is 4.90 Å². The molecular formula is C13H12N4O5S. The predicted octanol–water partition coefficient (Wildman–Crippen LogP) is 1.15. The van der Waals surface area contributed by atoms with Crippen molar-refractivity contribution >= 4 is 27.8 Å². The van der Waals surface area contributed by atoms with Crippen molar-refractivity contribution in [2.24, 2.45) is 0 Å². The van der Waals surface area contributed by atoms with E-state index >= 15 is 0 Å². The average Bonchev–Trinajstić information content (AvgIpc) is 2.53. The Hall–Kier alpha value is -3.14. The third-order valence-corrected chi connectivity index (χ3v) is 4.43. The molecule has 2 rings (SSSR count). The number of anilines is 2. The first-order valence-corrected chi connectivity index (χ1v) is 7.71. The SMILES string of the molecule is O=CNNc1cccc(N([N+](=O)[O-])S(=O)(=O)c2ccccc2)c1. The number of nitrogens with zero attached hydrogens (tertiary/aromatic N) is 2. The largest absolute Gasteiger partial charge is 0.318 e. The second-order valence-corrected chi connectivity index (χ2v) is 6.00. The van der Waals surface area contributed by atoms with Crippen molar-refractivity contribution in [1.29, 1.82) is 0 Å². The van der Waals surface area contributed by atoms with Gasteiger partial charge in [0, 0.05) is 4.41 Å². The molecule has 2 aromatic rings. The van der Waals surface area contributed by atoms with Gasteiger partial charge in [-0.15, -0.1) is 0 Å². The van der Waals surface area contributed by atoms with E-state index in [9.17, 15) is 23.3 Å². The van der Waals surface area contributed by atoms with Gasteiger partial charge in [0.2, 0.25) is 6.41 Å². The summed E-state index contributed by atoms with van der Waals surface area (Å²) in [7, 11) is -4.37. The van der Waals surface area contributed by atoms with Gasteiger partial charge in [0.1, 0.15) is 5.69 Å². The summed E-state index contributed by atoms with van der Waals surface area (Å²) in [5.41, 5.74) is 4.72.